The fourth-order valence-electron chi connectivity index (χ4n) is 4.26. The normalized spacial score (nSPS) is 9.64. The molecule has 0 atom stereocenters. The van der Waals surface area contributed by atoms with E-state index >= 15 is 0 Å². The smallest absolute Gasteiger partial charge is 1.00 e. The van der Waals surface area contributed by atoms with Gasteiger partial charge in [0, 0.05) is 0 Å². The average Bonchev–Trinajstić information content (AvgIpc) is 3.28. The molecule has 0 nitrogen and oxygen atoms in total. The molecule has 0 radical (unpaired) electrons. The van der Waals surface area contributed by atoms with Crippen LogP contribution in [0, 0.1) is 27.7 Å². The zero-order valence-corrected chi connectivity index (χ0v) is 24.6. The topological polar surface area (TPSA) is 0 Å². The van der Waals surface area contributed by atoms with Crippen LogP contribution in [-0.4, -0.2) is 0 Å². The van der Waals surface area contributed by atoms with Gasteiger partial charge in [-0.1, -0.05) is 88.1 Å². The van der Waals surface area contributed by atoms with Crippen LogP contribution in [-0.2, 0) is 39.0 Å². The van der Waals surface area contributed by atoms with Crippen molar-refractivity contribution < 1.29 is 51.0 Å². The van der Waals surface area contributed by atoms with Crippen molar-refractivity contribution in [1.82, 2.24) is 0 Å². The van der Waals surface area contributed by atoms with Crippen molar-refractivity contribution in [2.75, 3.05) is 0 Å². The molecule has 4 aromatic carbocycles. The summed E-state index contributed by atoms with van der Waals surface area (Å²) in [6.45, 7) is 13.1. The van der Waals surface area contributed by atoms with E-state index in [9.17, 15) is 0 Å². The number of hydrogen-bond acceptors (Lipinski definition) is 0. The molecule has 0 saturated heterocycles. The Hall–Kier alpha value is -1.40. The summed E-state index contributed by atoms with van der Waals surface area (Å²) in [5.74, 6) is 0. The van der Waals surface area contributed by atoms with E-state index in [0.29, 0.717) is 0 Å². The standard InChI is InChI=1S/2C15H17.2ClH.Zr/c2*1-4-13-6-5-7-14(10-13)15-11(2)8-9-12(15)3;;;/h2*5-10H,4H2,1-3H3;2*1H;/q2*-1;;;+4/p-2. The summed E-state index contributed by atoms with van der Waals surface area (Å²) in [7, 11) is 0. The van der Waals surface area contributed by atoms with Gasteiger partial charge in [-0.3, -0.25) is 0 Å². The molecule has 4 aromatic rings. The van der Waals surface area contributed by atoms with Crippen LogP contribution < -0.4 is 24.8 Å². The monoisotopic (exact) mass is 554 g/mol. The van der Waals surface area contributed by atoms with Gasteiger partial charge < -0.3 is 24.8 Å². The summed E-state index contributed by atoms with van der Waals surface area (Å²) in [4.78, 5) is 0. The number of aryl methyl sites for hydroxylation is 6. The van der Waals surface area contributed by atoms with E-state index in [4.69, 9.17) is 0 Å². The fourth-order valence-corrected chi connectivity index (χ4v) is 4.26. The van der Waals surface area contributed by atoms with Gasteiger partial charge in [-0.25, -0.2) is 0 Å². The molecule has 0 bridgehead atoms. The fraction of sp³-hybridized carbons (Fsp3) is 0.267. The van der Waals surface area contributed by atoms with Gasteiger partial charge in [-0.05, 0) is 12.8 Å². The first kappa shape index (κ1) is 31.6. The van der Waals surface area contributed by atoms with Crippen LogP contribution in [0.3, 0.4) is 0 Å². The van der Waals surface area contributed by atoms with E-state index in [1.54, 1.807) is 0 Å². The zero-order chi connectivity index (χ0) is 21.7. The summed E-state index contributed by atoms with van der Waals surface area (Å²) < 4.78 is 0. The van der Waals surface area contributed by atoms with Gasteiger partial charge in [-0.2, -0.15) is 0 Å². The Kier molecular flexibility index (Phi) is 14.2. The summed E-state index contributed by atoms with van der Waals surface area (Å²) in [5, 5.41) is 0. The molecular weight excluding hydrogens is 522 g/mol. The Morgan fingerprint density at radius 3 is 1.09 bits per heavy atom. The minimum Gasteiger partial charge on any atom is -1.00 e. The van der Waals surface area contributed by atoms with Gasteiger partial charge in [0.25, 0.3) is 0 Å². The summed E-state index contributed by atoms with van der Waals surface area (Å²) >= 11 is 0. The van der Waals surface area contributed by atoms with Gasteiger partial charge in [0.05, 0.1) is 0 Å². The van der Waals surface area contributed by atoms with E-state index in [-0.39, 0.29) is 51.0 Å². The molecule has 0 aromatic heterocycles. The predicted octanol–water partition coefficient (Wildman–Crippen LogP) is 2.51. The molecule has 4 rings (SSSR count). The maximum Gasteiger partial charge on any atom is 4.00 e. The van der Waals surface area contributed by atoms with Crippen molar-refractivity contribution in [3.8, 4) is 22.3 Å². The van der Waals surface area contributed by atoms with Gasteiger partial charge >= 0.3 is 26.2 Å². The number of hydrogen-bond donors (Lipinski definition) is 0. The van der Waals surface area contributed by atoms with Gasteiger partial charge in [0.1, 0.15) is 0 Å². The molecule has 0 aliphatic carbocycles. The second-order valence-electron chi connectivity index (χ2n) is 8.26. The van der Waals surface area contributed by atoms with Crippen molar-refractivity contribution in [3.05, 3.63) is 106 Å². The Bertz CT molecular complexity index is 989. The van der Waals surface area contributed by atoms with E-state index in [0.717, 1.165) is 12.8 Å². The average molecular weight is 557 g/mol. The van der Waals surface area contributed by atoms with Gasteiger partial charge in [-0.15, -0.1) is 81.9 Å². The van der Waals surface area contributed by atoms with Crippen LogP contribution in [0.25, 0.3) is 22.3 Å². The second kappa shape index (κ2) is 14.8. The first-order valence-electron chi connectivity index (χ1n) is 11.1. The van der Waals surface area contributed by atoms with Crippen LogP contribution in [0.1, 0.15) is 47.2 Å². The van der Waals surface area contributed by atoms with Crippen molar-refractivity contribution in [1.29, 1.82) is 0 Å². The van der Waals surface area contributed by atoms with Crippen LogP contribution >= 0.6 is 0 Å². The van der Waals surface area contributed by atoms with Crippen LogP contribution in [0.5, 0.6) is 0 Å². The summed E-state index contributed by atoms with van der Waals surface area (Å²) in [5.41, 5.74) is 13.8. The molecule has 33 heavy (non-hydrogen) atoms. The molecule has 0 aliphatic heterocycles. The van der Waals surface area contributed by atoms with Crippen molar-refractivity contribution in [3.63, 3.8) is 0 Å². The summed E-state index contributed by atoms with van der Waals surface area (Å²) in [6, 6.07) is 26.5. The SMILES string of the molecule is CCc1cccc(-[c-]2c(C)ccc2C)c1.CCc1cccc(-[c-]2c(C)ccc2C)c1.[Cl-].[Cl-].[Zr+4]. The number of benzene rings is 2. The molecule has 0 saturated carbocycles. The maximum absolute atomic E-state index is 2.30. The molecule has 0 spiro atoms. The van der Waals surface area contributed by atoms with E-state index in [1.807, 2.05) is 0 Å². The molecule has 0 heterocycles. The molecule has 172 valence electrons. The third-order valence-corrected chi connectivity index (χ3v) is 5.99. The van der Waals surface area contributed by atoms with Gasteiger partial charge in [0.2, 0.25) is 0 Å². The minimum absolute atomic E-state index is 0. The summed E-state index contributed by atoms with van der Waals surface area (Å²) in [6.07, 6.45) is 2.21. The minimum atomic E-state index is 0. The molecular formula is C30H34Cl2Zr. The third kappa shape index (κ3) is 7.81. The van der Waals surface area contributed by atoms with E-state index in [1.165, 1.54) is 55.6 Å². The first-order valence-corrected chi connectivity index (χ1v) is 11.1. The quantitative estimate of drug-likeness (QED) is 0.339. The molecule has 0 unspecified atom stereocenters. The Morgan fingerprint density at radius 1 is 0.515 bits per heavy atom. The first-order chi connectivity index (χ1) is 14.4. The van der Waals surface area contributed by atoms with Crippen LogP contribution in [0.4, 0.5) is 0 Å². The molecule has 0 aliphatic rings. The van der Waals surface area contributed by atoms with E-state index < -0.39 is 0 Å². The Balaban J connectivity index is 0.000000569. The van der Waals surface area contributed by atoms with E-state index in [2.05, 4.69) is 114 Å². The molecule has 3 heteroatoms. The van der Waals surface area contributed by atoms with Crippen molar-refractivity contribution in [2.24, 2.45) is 0 Å². The Labute approximate surface area is 232 Å². The third-order valence-electron chi connectivity index (χ3n) is 5.99. The van der Waals surface area contributed by atoms with Crippen molar-refractivity contribution >= 4 is 0 Å². The van der Waals surface area contributed by atoms with Crippen LogP contribution in [0.2, 0.25) is 0 Å². The maximum atomic E-state index is 2.30. The van der Waals surface area contributed by atoms with Crippen molar-refractivity contribution in [2.45, 2.75) is 54.4 Å². The van der Waals surface area contributed by atoms with Crippen LogP contribution in [0.15, 0.2) is 72.8 Å². The zero-order valence-electron chi connectivity index (χ0n) is 20.6. The predicted molar refractivity (Wildman–Crippen MR) is 133 cm³/mol. The van der Waals surface area contributed by atoms with Gasteiger partial charge in [0.15, 0.2) is 0 Å². The number of rotatable bonds is 4. The molecule has 0 fully saturated rings. The molecule has 0 N–H and O–H groups in total. The second-order valence-corrected chi connectivity index (χ2v) is 8.26. The Morgan fingerprint density at radius 2 is 0.818 bits per heavy atom. The largest absolute Gasteiger partial charge is 4.00 e. The molecule has 0 amide bonds. The number of halogens is 2.